The van der Waals surface area contributed by atoms with Gasteiger partial charge in [0.1, 0.15) is 6.07 Å². The van der Waals surface area contributed by atoms with Gasteiger partial charge >= 0.3 is 0 Å². The van der Waals surface area contributed by atoms with Crippen molar-refractivity contribution >= 4 is 23.1 Å². The summed E-state index contributed by atoms with van der Waals surface area (Å²) in [6.45, 7) is 1.17. The normalized spacial score (nSPS) is 9.75. The minimum Gasteiger partial charge on any atom is -0.368 e. The number of hydrogen-bond donors (Lipinski definition) is 2. The number of carbonyl (C=O) groups excluding carboxylic acids is 1. The van der Waals surface area contributed by atoms with Crippen molar-refractivity contribution in [1.82, 2.24) is 15.3 Å². The molecule has 0 spiro atoms. The molecule has 0 saturated carbocycles. The molecule has 20 heavy (non-hydrogen) atoms. The van der Waals surface area contributed by atoms with E-state index in [0.717, 1.165) is 6.42 Å². The van der Waals surface area contributed by atoms with E-state index >= 15 is 0 Å². The SMILES string of the molecule is N#Cc1nccnc1NCCCNC(=O)c1cccs1. The predicted molar refractivity (Wildman–Crippen MR) is 76.5 cm³/mol. The minimum absolute atomic E-state index is 0.0581. The van der Waals surface area contributed by atoms with E-state index in [1.807, 2.05) is 17.5 Å². The number of hydrogen-bond acceptors (Lipinski definition) is 6. The monoisotopic (exact) mass is 287 g/mol. The Hall–Kier alpha value is -2.46. The molecule has 0 radical (unpaired) electrons. The Labute approximate surface area is 120 Å². The lowest BCUT2D eigenvalue weighted by Crippen LogP contribution is -2.25. The maximum absolute atomic E-state index is 11.7. The first kappa shape index (κ1) is 14.0. The van der Waals surface area contributed by atoms with Gasteiger partial charge in [-0.25, -0.2) is 9.97 Å². The van der Waals surface area contributed by atoms with Crippen LogP contribution in [0.5, 0.6) is 0 Å². The Morgan fingerprint density at radius 1 is 1.35 bits per heavy atom. The van der Waals surface area contributed by atoms with E-state index in [2.05, 4.69) is 20.6 Å². The Bertz CT molecular complexity index is 605. The number of anilines is 1. The zero-order chi connectivity index (χ0) is 14.2. The van der Waals surface area contributed by atoms with Crippen molar-refractivity contribution in [3.8, 4) is 6.07 Å². The van der Waals surface area contributed by atoms with Gasteiger partial charge in [0.25, 0.3) is 5.91 Å². The smallest absolute Gasteiger partial charge is 0.261 e. The van der Waals surface area contributed by atoms with Gasteiger partial charge in [-0.15, -0.1) is 11.3 Å². The quantitative estimate of drug-likeness (QED) is 0.788. The fourth-order valence-corrected chi connectivity index (χ4v) is 2.18. The number of nitriles is 1. The number of thiophene rings is 1. The van der Waals surface area contributed by atoms with Crippen LogP contribution in [0.25, 0.3) is 0 Å². The van der Waals surface area contributed by atoms with Crippen LogP contribution in [0.15, 0.2) is 29.9 Å². The molecule has 0 bridgehead atoms. The summed E-state index contributed by atoms with van der Waals surface area (Å²) in [7, 11) is 0. The lowest BCUT2D eigenvalue weighted by molar-refractivity contribution is 0.0957. The highest BCUT2D eigenvalue weighted by Crippen LogP contribution is 2.08. The topological polar surface area (TPSA) is 90.7 Å². The van der Waals surface area contributed by atoms with Gasteiger partial charge in [-0.2, -0.15) is 5.26 Å². The van der Waals surface area contributed by atoms with Crippen molar-refractivity contribution in [2.45, 2.75) is 6.42 Å². The highest BCUT2D eigenvalue weighted by atomic mass is 32.1. The molecular formula is C13H13N5OS. The number of rotatable bonds is 6. The molecule has 0 saturated heterocycles. The van der Waals surface area contributed by atoms with Gasteiger partial charge in [-0.3, -0.25) is 4.79 Å². The van der Waals surface area contributed by atoms with Crippen molar-refractivity contribution in [3.05, 3.63) is 40.5 Å². The molecule has 0 unspecified atom stereocenters. The lowest BCUT2D eigenvalue weighted by Gasteiger charge is -2.06. The third kappa shape index (κ3) is 3.76. The number of carbonyl (C=O) groups is 1. The standard InChI is InChI=1S/C13H13N5OS/c14-9-10-12(17-7-6-15-10)16-4-2-5-18-13(19)11-3-1-8-20-11/h1,3,6-8H,2,4-5H2,(H,16,17)(H,18,19). The Kier molecular flexibility index (Phi) is 5.03. The summed E-state index contributed by atoms with van der Waals surface area (Å²) in [5, 5.41) is 16.6. The average molecular weight is 287 g/mol. The molecule has 1 amide bonds. The molecule has 6 nitrogen and oxygen atoms in total. The van der Waals surface area contributed by atoms with Crippen LogP contribution in [0.3, 0.4) is 0 Å². The molecule has 102 valence electrons. The maximum Gasteiger partial charge on any atom is 0.261 e. The zero-order valence-corrected chi connectivity index (χ0v) is 11.5. The molecule has 0 aromatic carbocycles. The van der Waals surface area contributed by atoms with Crippen LogP contribution in [-0.2, 0) is 0 Å². The fraction of sp³-hybridized carbons (Fsp3) is 0.231. The number of nitrogens with zero attached hydrogens (tertiary/aromatic N) is 3. The van der Waals surface area contributed by atoms with Crippen molar-refractivity contribution in [2.24, 2.45) is 0 Å². The van der Waals surface area contributed by atoms with Crippen LogP contribution in [0.4, 0.5) is 5.82 Å². The Balaban J connectivity index is 1.70. The number of aromatic nitrogens is 2. The first-order valence-corrected chi connectivity index (χ1v) is 6.96. The average Bonchev–Trinajstić information content (AvgIpc) is 3.01. The van der Waals surface area contributed by atoms with Gasteiger partial charge in [-0.1, -0.05) is 6.07 Å². The molecule has 2 aromatic rings. The second-order valence-corrected chi connectivity index (χ2v) is 4.83. The molecule has 7 heteroatoms. The fourth-order valence-electron chi connectivity index (χ4n) is 1.54. The van der Waals surface area contributed by atoms with Crippen LogP contribution in [0.2, 0.25) is 0 Å². The highest BCUT2D eigenvalue weighted by Gasteiger charge is 2.05. The molecular weight excluding hydrogens is 274 g/mol. The Morgan fingerprint density at radius 2 is 2.20 bits per heavy atom. The summed E-state index contributed by atoms with van der Waals surface area (Å²) in [4.78, 5) is 20.3. The summed E-state index contributed by atoms with van der Waals surface area (Å²) in [5.41, 5.74) is 0.273. The number of nitrogens with one attached hydrogen (secondary N) is 2. The van der Waals surface area contributed by atoms with E-state index < -0.39 is 0 Å². The van der Waals surface area contributed by atoms with Crippen molar-refractivity contribution in [3.63, 3.8) is 0 Å². The summed E-state index contributed by atoms with van der Waals surface area (Å²) < 4.78 is 0. The van der Waals surface area contributed by atoms with Crippen LogP contribution in [-0.4, -0.2) is 29.0 Å². The third-order valence-corrected chi connectivity index (χ3v) is 3.35. The van der Waals surface area contributed by atoms with Crippen LogP contribution >= 0.6 is 11.3 Å². The third-order valence-electron chi connectivity index (χ3n) is 2.48. The van der Waals surface area contributed by atoms with Gasteiger partial charge in [-0.05, 0) is 17.9 Å². The highest BCUT2D eigenvalue weighted by molar-refractivity contribution is 7.12. The first-order chi connectivity index (χ1) is 9.81. The van der Waals surface area contributed by atoms with E-state index in [-0.39, 0.29) is 11.6 Å². The minimum atomic E-state index is -0.0581. The van der Waals surface area contributed by atoms with Crippen molar-refractivity contribution in [2.75, 3.05) is 18.4 Å². The molecule has 2 N–H and O–H groups in total. The molecule has 0 fully saturated rings. The molecule has 0 atom stereocenters. The molecule has 2 aromatic heterocycles. The summed E-state index contributed by atoms with van der Waals surface area (Å²) >= 11 is 1.41. The van der Waals surface area contributed by atoms with Crippen molar-refractivity contribution in [1.29, 1.82) is 5.26 Å². The van der Waals surface area contributed by atoms with Crippen LogP contribution in [0.1, 0.15) is 21.8 Å². The summed E-state index contributed by atoms with van der Waals surface area (Å²) in [5.74, 6) is 0.414. The van der Waals surface area contributed by atoms with E-state index in [4.69, 9.17) is 5.26 Å². The van der Waals surface area contributed by atoms with Gasteiger partial charge in [0.2, 0.25) is 0 Å². The van der Waals surface area contributed by atoms with Crippen LogP contribution in [0, 0.1) is 11.3 Å². The largest absolute Gasteiger partial charge is 0.368 e. The lowest BCUT2D eigenvalue weighted by atomic mass is 10.3. The van der Waals surface area contributed by atoms with Gasteiger partial charge in [0.05, 0.1) is 4.88 Å². The molecule has 0 aliphatic heterocycles. The predicted octanol–water partition coefficient (Wildman–Crippen LogP) is 1.64. The van der Waals surface area contributed by atoms with Gasteiger partial charge < -0.3 is 10.6 Å². The summed E-state index contributed by atoms with van der Waals surface area (Å²) in [6, 6.07) is 5.60. The zero-order valence-electron chi connectivity index (χ0n) is 10.7. The van der Waals surface area contributed by atoms with Gasteiger partial charge in [0.15, 0.2) is 11.5 Å². The molecule has 2 heterocycles. The second kappa shape index (κ2) is 7.21. The molecule has 0 aliphatic rings. The van der Waals surface area contributed by atoms with Gasteiger partial charge in [0, 0.05) is 25.5 Å². The Morgan fingerprint density at radius 3 is 2.95 bits per heavy atom. The van der Waals surface area contributed by atoms with E-state index in [0.29, 0.717) is 23.8 Å². The molecule has 2 rings (SSSR count). The summed E-state index contributed by atoms with van der Waals surface area (Å²) in [6.07, 6.45) is 3.74. The van der Waals surface area contributed by atoms with E-state index in [1.54, 1.807) is 6.07 Å². The molecule has 0 aliphatic carbocycles. The van der Waals surface area contributed by atoms with Crippen molar-refractivity contribution < 1.29 is 4.79 Å². The maximum atomic E-state index is 11.7. The van der Waals surface area contributed by atoms with E-state index in [9.17, 15) is 4.79 Å². The first-order valence-electron chi connectivity index (χ1n) is 6.08. The second-order valence-electron chi connectivity index (χ2n) is 3.88. The van der Waals surface area contributed by atoms with E-state index in [1.165, 1.54) is 23.7 Å². The van der Waals surface area contributed by atoms with Crippen LogP contribution < -0.4 is 10.6 Å². The number of amides is 1.